The molecule has 0 bridgehead atoms. The van der Waals surface area contributed by atoms with Gasteiger partial charge in [-0.25, -0.2) is 14.0 Å². The van der Waals surface area contributed by atoms with E-state index in [9.17, 15) is 14.0 Å². The van der Waals surface area contributed by atoms with Crippen molar-refractivity contribution in [2.24, 2.45) is 4.99 Å². The number of aliphatic imine (C=N–C) groups is 1. The van der Waals surface area contributed by atoms with Gasteiger partial charge in [0.05, 0.1) is 0 Å². The standard InChI is InChI=1S/C21H21BrFNO4/c1-21(2,3)28-20(26)24-18(12-15-11-16(22)9-10-17(15)23)19(25)27-13-14-7-5-4-6-8-14/h4-11H,12-13H2,1-3H3. The Bertz CT molecular complexity index is 876. The van der Waals surface area contributed by atoms with E-state index in [1.54, 1.807) is 32.9 Å². The van der Waals surface area contributed by atoms with Crippen LogP contribution >= 0.6 is 15.9 Å². The summed E-state index contributed by atoms with van der Waals surface area (Å²) in [6, 6.07) is 13.4. The van der Waals surface area contributed by atoms with Crippen molar-refractivity contribution in [3.8, 4) is 0 Å². The van der Waals surface area contributed by atoms with E-state index in [1.165, 1.54) is 18.2 Å². The maximum Gasteiger partial charge on any atom is 0.434 e. The summed E-state index contributed by atoms with van der Waals surface area (Å²) in [6.07, 6.45) is -1.15. The van der Waals surface area contributed by atoms with Crippen molar-refractivity contribution in [3.05, 3.63) is 69.9 Å². The monoisotopic (exact) mass is 449 g/mol. The highest BCUT2D eigenvalue weighted by atomic mass is 79.9. The quantitative estimate of drug-likeness (QED) is 0.461. The van der Waals surface area contributed by atoms with Crippen molar-refractivity contribution in [3.63, 3.8) is 0 Å². The number of esters is 1. The minimum atomic E-state index is -0.936. The van der Waals surface area contributed by atoms with Gasteiger partial charge in [0.1, 0.15) is 23.7 Å². The van der Waals surface area contributed by atoms with Crippen molar-refractivity contribution >= 4 is 33.7 Å². The molecule has 0 spiro atoms. The van der Waals surface area contributed by atoms with Gasteiger partial charge in [0.2, 0.25) is 0 Å². The normalized spacial score (nSPS) is 11.8. The molecule has 0 aromatic heterocycles. The predicted octanol–water partition coefficient (Wildman–Crippen LogP) is 5.25. The maximum absolute atomic E-state index is 14.1. The van der Waals surface area contributed by atoms with Crippen LogP contribution in [0.15, 0.2) is 58.0 Å². The number of rotatable bonds is 5. The van der Waals surface area contributed by atoms with Crippen LogP contribution in [0.25, 0.3) is 0 Å². The summed E-state index contributed by atoms with van der Waals surface area (Å²) in [4.78, 5) is 28.3. The van der Waals surface area contributed by atoms with Crippen LogP contribution in [0.4, 0.5) is 9.18 Å². The highest BCUT2D eigenvalue weighted by Crippen LogP contribution is 2.17. The lowest BCUT2D eigenvalue weighted by atomic mass is 10.1. The minimum Gasteiger partial charge on any atom is -0.456 e. The van der Waals surface area contributed by atoms with Crippen LogP contribution in [0.5, 0.6) is 0 Å². The van der Waals surface area contributed by atoms with Crippen molar-refractivity contribution in [2.45, 2.75) is 39.4 Å². The lowest BCUT2D eigenvalue weighted by Gasteiger charge is -2.17. The lowest BCUT2D eigenvalue weighted by Crippen LogP contribution is -2.26. The molecular formula is C21H21BrFNO4. The van der Waals surface area contributed by atoms with Crippen LogP contribution in [0, 0.1) is 5.82 Å². The van der Waals surface area contributed by atoms with E-state index < -0.39 is 23.5 Å². The highest BCUT2D eigenvalue weighted by molar-refractivity contribution is 9.10. The van der Waals surface area contributed by atoms with Gasteiger partial charge in [-0.05, 0) is 50.1 Å². The molecule has 7 heteroatoms. The summed E-state index contributed by atoms with van der Waals surface area (Å²) in [7, 11) is 0. The average molecular weight is 450 g/mol. The van der Waals surface area contributed by atoms with Gasteiger partial charge >= 0.3 is 12.1 Å². The van der Waals surface area contributed by atoms with Crippen LogP contribution in [-0.2, 0) is 27.3 Å². The Kier molecular flexibility index (Phi) is 7.45. The van der Waals surface area contributed by atoms with Gasteiger partial charge in [-0.2, -0.15) is 4.99 Å². The number of amides is 1. The van der Waals surface area contributed by atoms with Crippen LogP contribution in [0.3, 0.4) is 0 Å². The van der Waals surface area contributed by atoms with Gasteiger partial charge in [0.15, 0.2) is 0 Å². The fourth-order valence-electron chi connectivity index (χ4n) is 2.22. The van der Waals surface area contributed by atoms with E-state index >= 15 is 0 Å². The van der Waals surface area contributed by atoms with Crippen molar-refractivity contribution in [2.75, 3.05) is 0 Å². The number of nitrogens with zero attached hydrogens (tertiary/aromatic N) is 1. The minimum absolute atomic E-state index is 0.00791. The summed E-state index contributed by atoms with van der Waals surface area (Å²) in [6.45, 7) is 5.05. The molecule has 0 N–H and O–H groups in total. The molecular weight excluding hydrogens is 429 g/mol. The van der Waals surface area contributed by atoms with E-state index in [2.05, 4.69) is 20.9 Å². The molecule has 0 fully saturated rings. The smallest absolute Gasteiger partial charge is 0.434 e. The third-order valence-corrected chi connectivity index (χ3v) is 3.93. The second kappa shape index (κ2) is 9.59. The number of carbonyl (C=O) groups excluding carboxylic acids is 2. The molecule has 0 radical (unpaired) electrons. The first-order chi connectivity index (χ1) is 13.1. The molecule has 0 heterocycles. The second-order valence-electron chi connectivity index (χ2n) is 7.01. The number of carbonyl (C=O) groups is 2. The molecule has 0 saturated carbocycles. The molecule has 1 amide bonds. The Balaban J connectivity index is 2.23. The van der Waals surface area contributed by atoms with Crippen LogP contribution in [-0.4, -0.2) is 23.4 Å². The molecule has 148 valence electrons. The number of benzene rings is 2. The molecule has 28 heavy (non-hydrogen) atoms. The largest absolute Gasteiger partial charge is 0.456 e. The number of hydrogen-bond donors (Lipinski definition) is 0. The number of hydrogen-bond acceptors (Lipinski definition) is 4. The molecule has 2 rings (SSSR count). The third kappa shape index (κ3) is 7.23. The number of halogens is 2. The van der Waals surface area contributed by atoms with Crippen LogP contribution in [0.1, 0.15) is 31.9 Å². The first-order valence-corrected chi connectivity index (χ1v) is 9.39. The van der Waals surface area contributed by atoms with E-state index in [-0.39, 0.29) is 24.3 Å². The molecule has 0 saturated heterocycles. The zero-order valence-electron chi connectivity index (χ0n) is 15.9. The fraction of sp³-hybridized carbons (Fsp3) is 0.286. The Morgan fingerprint density at radius 3 is 2.43 bits per heavy atom. The van der Waals surface area contributed by atoms with Gasteiger partial charge in [-0.15, -0.1) is 0 Å². The summed E-state index contributed by atoms with van der Waals surface area (Å²) < 4.78 is 25.1. The Morgan fingerprint density at radius 2 is 1.79 bits per heavy atom. The molecule has 2 aromatic carbocycles. The molecule has 0 aliphatic carbocycles. The summed E-state index contributed by atoms with van der Waals surface area (Å²) in [5.41, 5.74) is -0.0302. The van der Waals surface area contributed by atoms with Crippen molar-refractivity contribution in [1.29, 1.82) is 0 Å². The fourth-order valence-corrected chi connectivity index (χ4v) is 2.63. The second-order valence-corrected chi connectivity index (χ2v) is 7.93. The molecule has 0 aliphatic rings. The maximum atomic E-state index is 14.1. The number of ether oxygens (including phenoxy) is 2. The van der Waals surface area contributed by atoms with Gasteiger partial charge in [0, 0.05) is 10.9 Å². The summed E-state index contributed by atoms with van der Waals surface area (Å²) in [5, 5.41) is 0. The van der Waals surface area contributed by atoms with Gasteiger partial charge in [0.25, 0.3) is 0 Å². The van der Waals surface area contributed by atoms with Gasteiger partial charge in [-0.1, -0.05) is 46.3 Å². The van der Waals surface area contributed by atoms with E-state index in [0.717, 1.165) is 5.56 Å². The first-order valence-electron chi connectivity index (χ1n) is 8.59. The predicted molar refractivity (Wildman–Crippen MR) is 108 cm³/mol. The van der Waals surface area contributed by atoms with Gasteiger partial charge in [-0.3, -0.25) is 0 Å². The zero-order chi connectivity index (χ0) is 20.7. The highest BCUT2D eigenvalue weighted by Gasteiger charge is 2.21. The first kappa shape index (κ1) is 21.8. The molecule has 0 aliphatic heterocycles. The van der Waals surface area contributed by atoms with Crippen LogP contribution in [0.2, 0.25) is 0 Å². The third-order valence-electron chi connectivity index (χ3n) is 3.43. The molecule has 5 nitrogen and oxygen atoms in total. The molecule has 2 aromatic rings. The zero-order valence-corrected chi connectivity index (χ0v) is 17.5. The van der Waals surface area contributed by atoms with Gasteiger partial charge < -0.3 is 9.47 Å². The molecule has 0 atom stereocenters. The van der Waals surface area contributed by atoms with E-state index in [4.69, 9.17) is 9.47 Å². The lowest BCUT2D eigenvalue weighted by molar-refractivity contribution is -0.136. The van der Waals surface area contributed by atoms with E-state index in [1.807, 2.05) is 18.2 Å². The Hall–Kier alpha value is -2.54. The van der Waals surface area contributed by atoms with Crippen LogP contribution < -0.4 is 0 Å². The SMILES string of the molecule is CC(C)(C)OC(=O)N=C(Cc1cc(Br)ccc1F)C(=O)OCc1ccccc1. The topological polar surface area (TPSA) is 65.0 Å². The summed E-state index contributed by atoms with van der Waals surface area (Å²) in [5.74, 6) is -1.33. The van der Waals surface area contributed by atoms with Crippen molar-refractivity contribution in [1.82, 2.24) is 0 Å². The Labute approximate surface area is 171 Å². The van der Waals surface area contributed by atoms with E-state index in [0.29, 0.717) is 4.47 Å². The average Bonchev–Trinajstić information content (AvgIpc) is 2.61. The van der Waals surface area contributed by atoms with Crippen molar-refractivity contribution < 1.29 is 23.5 Å². The summed E-state index contributed by atoms with van der Waals surface area (Å²) >= 11 is 3.26. The molecule has 0 unspecified atom stereocenters. The Morgan fingerprint density at radius 1 is 1.11 bits per heavy atom.